The molecule has 0 saturated heterocycles. The lowest BCUT2D eigenvalue weighted by Gasteiger charge is -2.23. The third-order valence-corrected chi connectivity index (χ3v) is 5.16. The van der Waals surface area contributed by atoms with Crippen molar-refractivity contribution in [2.75, 3.05) is 12.4 Å². The molecule has 6 nitrogen and oxygen atoms in total. The molecule has 2 aromatic heterocycles. The molecule has 0 spiro atoms. The Morgan fingerprint density at radius 1 is 1.40 bits per heavy atom. The molecule has 130 valence electrons. The topological polar surface area (TPSA) is 84.5 Å². The first-order valence-corrected chi connectivity index (χ1v) is 8.90. The molecule has 0 amide bonds. The summed E-state index contributed by atoms with van der Waals surface area (Å²) in [6, 6.07) is 1.94. The van der Waals surface area contributed by atoms with Gasteiger partial charge in [-0.3, -0.25) is 13.8 Å². The van der Waals surface area contributed by atoms with Crippen LogP contribution in [0.4, 0.5) is 4.39 Å². The molecular formula is C17H18FN5OS. The van der Waals surface area contributed by atoms with E-state index in [1.54, 1.807) is 12.4 Å². The summed E-state index contributed by atoms with van der Waals surface area (Å²) in [5, 5.41) is 9.95. The number of nitrogens with zero attached hydrogens (tertiary/aromatic N) is 5. The Labute approximate surface area is 149 Å². The predicted octanol–water partition coefficient (Wildman–Crippen LogP) is 2.56. The van der Waals surface area contributed by atoms with E-state index >= 15 is 0 Å². The Hall–Kier alpha value is -2.27. The van der Waals surface area contributed by atoms with Crippen molar-refractivity contribution < 1.29 is 4.39 Å². The number of aromatic nitrogens is 4. The van der Waals surface area contributed by atoms with Crippen molar-refractivity contribution in [3.63, 3.8) is 0 Å². The van der Waals surface area contributed by atoms with Gasteiger partial charge in [-0.25, -0.2) is 15.0 Å². The first kappa shape index (κ1) is 17.5. The van der Waals surface area contributed by atoms with Crippen LogP contribution >= 0.6 is 11.8 Å². The molecule has 0 aromatic carbocycles. The number of alkyl halides is 1. The highest BCUT2D eigenvalue weighted by Gasteiger charge is 2.26. The summed E-state index contributed by atoms with van der Waals surface area (Å²) in [7, 11) is 0. The molecular weight excluding hydrogens is 341 g/mol. The molecule has 0 fully saturated rings. The van der Waals surface area contributed by atoms with Crippen molar-refractivity contribution in [1.82, 2.24) is 19.5 Å². The fraction of sp³-hybridized carbons (Fsp3) is 0.471. The second kappa shape index (κ2) is 6.56. The second-order valence-corrected chi connectivity index (χ2v) is 8.01. The molecule has 3 heterocycles. The quantitative estimate of drug-likeness (QED) is 0.766. The van der Waals surface area contributed by atoms with E-state index in [0.29, 0.717) is 22.3 Å². The van der Waals surface area contributed by atoms with Gasteiger partial charge in [-0.05, 0) is 0 Å². The van der Waals surface area contributed by atoms with E-state index in [4.69, 9.17) is 0 Å². The number of thioether (sulfide) groups is 1. The van der Waals surface area contributed by atoms with Crippen molar-refractivity contribution in [1.29, 1.82) is 5.26 Å². The van der Waals surface area contributed by atoms with Crippen LogP contribution in [0.15, 0.2) is 22.3 Å². The van der Waals surface area contributed by atoms with E-state index in [0.717, 1.165) is 0 Å². The molecule has 0 bridgehead atoms. The zero-order chi connectivity index (χ0) is 18.2. The highest BCUT2D eigenvalue weighted by atomic mass is 32.2. The van der Waals surface area contributed by atoms with Crippen LogP contribution in [0.1, 0.15) is 32.2 Å². The molecule has 0 aliphatic carbocycles. The predicted molar refractivity (Wildman–Crippen MR) is 93.1 cm³/mol. The van der Waals surface area contributed by atoms with E-state index in [1.807, 2.05) is 26.8 Å². The lowest BCUT2D eigenvalue weighted by molar-refractivity contribution is 0.330. The first-order chi connectivity index (χ1) is 11.8. The number of nitriles is 1. The molecule has 0 N–H and O–H groups in total. The smallest absolute Gasteiger partial charge is 0.272 e. The van der Waals surface area contributed by atoms with E-state index in [-0.39, 0.29) is 29.1 Å². The van der Waals surface area contributed by atoms with Gasteiger partial charge in [-0.15, -0.1) is 0 Å². The lowest BCUT2D eigenvalue weighted by Crippen LogP contribution is -2.33. The van der Waals surface area contributed by atoms with Gasteiger partial charge >= 0.3 is 0 Å². The van der Waals surface area contributed by atoms with Crippen molar-refractivity contribution >= 4 is 11.8 Å². The van der Waals surface area contributed by atoms with Crippen LogP contribution < -0.4 is 5.56 Å². The van der Waals surface area contributed by atoms with Gasteiger partial charge < -0.3 is 0 Å². The van der Waals surface area contributed by atoms with Gasteiger partial charge in [0.2, 0.25) is 0 Å². The first-order valence-electron chi connectivity index (χ1n) is 7.91. The minimum Gasteiger partial charge on any atom is -0.286 e. The molecule has 0 saturated carbocycles. The van der Waals surface area contributed by atoms with Crippen LogP contribution in [0.25, 0.3) is 11.3 Å². The summed E-state index contributed by atoms with van der Waals surface area (Å²) >= 11 is 1.33. The largest absolute Gasteiger partial charge is 0.286 e. The standard InChI is InChI=1S/C17H18FN5OS/c1-17(2,3)15-20-6-11(7-21-15)13-12(5-19)14(24)23-8-10(4-18)9-25-16(23)22-13/h6-7,10H,4,8-9H2,1-3H3/t10-/m1/s1. The fourth-order valence-corrected chi connectivity index (χ4v) is 3.60. The molecule has 1 atom stereocenters. The minimum absolute atomic E-state index is 0.0593. The fourth-order valence-electron chi connectivity index (χ4n) is 2.55. The Bertz CT molecular complexity index is 895. The summed E-state index contributed by atoms with van der Waals surface area (Å²) in [5.41, 5.74) is 0.115. The summed E-state index contributed by atoms with van der Waals surface area (Å²) in [4.78, 5) is 25.8. The van der Waals surface area contributed by atoms with Crippen molar-refractivity contribution in [3.05, 3.63) is 34.1 Å². The van der Waals surface area contributed by atoms with Crippen LogP contribution in [0.5, 0.6) is 0 Å². The number of hydrogen-bond donors (Lipinski definition) is 0. The Morgan fingerprint density at radius 2 is 2.08 bits per heavy atom. The molecule has 1 aliphatic heterocycles. The van der Waals surface area contributed by atoms with E-state index in [2.05, 4.69) is 15.0 Å². The van der Waals surface area contributed by atoms with E-state index < -0.39 is 12.2 Å². The molecule has 1 aliphatic rings. The summed E-state index contributed by atoms with van der Waals surface area (Å²) < 4.78 is 14.3. The highest BCUT2D eigenvalue weighted by molar-refractivity contribution is 7.99. The van der Waals surface area contributed by atoms with Crippen LogP contribution in [-0.4, -0.2) is 31.9 Å². The SMILES string of the molecule is CC(C)(C)c1ncc(-c2nc3n(c(=O)c2C#N)C[C@@H](CF)CS3)cn1. The monoisotopic (exact) mass is 359 g/mol. The zero-order valence-corrected chi connectivity index (χ0v) is 15.1. The Morgan fingerprint density at radius 3 is 2.64 bits per heavy atom. The summed E-state index contributed by atoms with van der Waals surface area (Å²) in [5.74, 6) is 1.00. The molecule has 25 heavy (non-hydrogen) atoms. The molecule has 3 rings (SSSR count). The van der Waals surface area contributed by atoms with Crippen LogP contribution in [-0.2, 0) is 12.0 Å². The van der Waals surface area contributed by atoms with Gasteiger partial charge in [-0.2, -0.15) is 5.26 Å². The van der Waals surface area contributed by atoms with Crippen molar-refractivity contribution in [2.24, 2.45) is 5.92 Å². The normalized spacial score (nSPS) is 17.0. The third kappa shape index (κ3) is 3.29. The van der Waals surface area contributed by atoms with Gasteiger partial charge in [0.05, 0.1) is 12.4 Å². The number of fused-ring (bicyclic) bond motifs is 1. The highest BCUT2D eigenvalue weighted by Crippen LogP contribution is 2.29. The summed E-state index contributed by atoms with van der Waals surface area (Å²) in [6.07, 6.45) is 3.18. The lowest BCUT2D eigenvalue weighted by atomic mass is 9.95. The minimum atomic E-state index is -0.495. The van der Waals surface area contributed by atoms with Gasteiger partial charge in [0.1, 0.15) is 17.5 Å². The van der Waals surface area contributed by atoms with Gasteiger partial charge in [0, 0.05) is 41.6 Å². The maximum atomic E-state index is 12.9. The van der Waals surface area contributed by atoms with E-state index in [1.165, 1.54) is 16.3 Å². The molecule has 0 unspecified atom stereocenters. The van der Waals surface area contributed by atoms with Crippen molar-refractivity contribution in [2.45, 2.75) is 37.9 Å². The molecule has 8 heteroatoms. The molecule has 0 radical (unpaired) electrons. The zero-order valence-electron chi connectivity index (χ0n) is 14.3. The van der Waals surface area contributed by atoms with Crippen LogP contribution in [0.2, 0.25) is 0 Å². The van der Waals surface area contributed by atoms with Crippen LogP contribution in [0.3, 0.4) is 0 Å². The summed E-state index contributed by atoms with van der Waals surface area (Å²) in [6.45, 7) is 5.77. The average Bonchev–Trinajstić information content (AvgIpc) is 2.60. The van der Waals surface area contributed by atoms with E-state index in [9.17, 15) is 14.4 Å². The van der Waals surface area contributed by atoms with Gasteiger partial charge in [0.25, 0.3) is 5.56 Å². The number of rotatable bonds is 2. The number of halogens is 1. The maximum Gasteiger partial charge on any atom is 0.272 e. The number of hydrogen-bond acceptors (Lipinski definition) is 6. The molecule has 2 aromatic rings. The Kier molecular flexibility index (Phi) is 4.60. The van der Waals surface area contributed by atoms with Crippen LogP contribution in [0, 0.1) is 17.2 Å². The van der Waals surface area contributed by atoms with Gasteiger partial charge in [0.15, 0.2) is 5.16 Å². The third-order valence-electron chi connectivity index (χ3n) is 3.95. The Balaban J connectivity index is 2.10. The van der Waals surface area contributed by atoms with Crippen molar-refractivity contribution in [3.8, 4) is 17.3 Å². The average molecular weight is 359 g/mol. The van der Waals surface area contributed by atoms with Gasteiger partial charge in [-0.1, -0.05) is 32.5 Å². The maximum absolute atomic E-state index is 12.9. The second-order valence-electron chi connectivity index (χ2n) is 7.02.